The van der Waals surface area contributed by atoms with Gasteiger partial charge >= 0.3 is 0 Å². The van der Waals surface area contributed by atoms with Crippen LogP contribution < -0.4 is 5.73 Å². The zero-order valence-electron chi connectivity index (χ0n) is 7.99. The molecule has 0 aliphatic heterocycles. The largest absolute Gasteiger partial charge is 0.416 e. The Morgan fingerprint density at radius 2 is 2.23 bits per heavy atom. The van der Waals surface area contributed by atoms with E-state index in [0.717, 1.165) is 18.1 Å². The molecule has 0 aliphatic carbocycles. The summed E-state index contributed by atoms with van der Waals surface area (Å²) in [5.41, 5.74) is 5.35. The van der Waals surface area contributed by atoms with Crippen molar-refractivity contribution in [1.82, 2.24) is 10.2 Å². The number of rotatable bonds is 5. The lowest BCUT2D eigenvalue weighted by Gasteiger charge is -1.96. The van der Waals surface area contributed by atoms with Crippen molar-refractivity contribution in [2.45, 2.75) is 25.5 Å². The molecule has 2 N–H and O–H groups in total. The van der Waals surface area contributed by atoms with Crippen molar-refractivity contribution in [2.24, 2.45) is 11.7 Å². The second kappa shape index (κ2) is 5.24. The molecule has 4 nitrogen and oxygen atoms in total. The maximum absolute atomic E-state index is 5.38. The highest BCUT2D eigenvalue weighted by atomic mass is 32.2. The molecule has 0 spiro atoms. The quantitative estimate of drug-likeness (QED) is 0.728. The van der Waals surface area contributed by atoms with Crippen LogP contribution in [0.4, 0.5) is 0 Å². The fourth-order valence-corrected chi connectivity index (χ4v) is 1.42. The van der Waals surface area contributed by atoms with E-state index in [-0.39, 0.29) is 0 Å². The SMILES string of the molecule is CC(C)Cc1nnc(SCCN)o1. The minimum absolute atomic E-state index is 0.549. The second-order valence-corrected chi connectivity index (χ2v) is 4.24. The molecule has 0 saturated carbocycles. The standard InChI is InChI=1S/C8H15N3OS/c1-6(2)5-7-10-11-8(12-7)13-4-3-9/h6H,3-5,9H2,1-2H3. The zero-order chi connectivity index (χ0) is 9.68. The van der Waals surface area contributed by atoms with Gasteiger partial charge in [0.1, 0.15) is 0 Å². The van der Waals surface area contributed by atoms with Crippen molar-refractivity contribution in [3.63, 3.8) is 0 Å². The third-order valence-electron chi connectivity index (χ3n) is 1.37. The molecule has 13 heavy (non-hydrogen) atoms. The van der Waals surface area contributed by atoms with Crippen LogP contribution in [0, 0.1) is 5.92 Å². The summed E-state index contributed by atoms with van der Waals surface area (Å²) in [7, 11) is 0. The van der Waals surface area contributed by atoms with Gasteiger partial charge in [-0.2, -0.15) is 0 Å². The van der Waals surface area contributed by atoms with E-state index in [9.17, 15) is 0 Å². The van der Waals surface area contributed by atoms with Gasteiger partial charge in [-0.3, -0.25) is 0 Å². The molecule has 0 unspecified atom stereocenters. The van der Waals surface area contributed by atoms with Crippen LogP contribution in [0.5, 0.6) is 0 Å². The Morgan fingerprint density at radius 1 is 1.46 bits per heavy atom. The Bertz CT molecular complexity index is 249. The Hall–Kier alpha value is -0.550. The van der Waals surface area contributed by atoms with E-state index in [0.29, 0.717) is 17.7 Å². The van der Waals surface area contributed by atoms with E-state index in [1.807, 2.05) is 0 Å². The molecule has 5 heteroatoms. The third-order valence-corrected chi connectivity index (χ3v) is 2.23. The van der Waals surface area contributed by atoms with Gasteiger partial charge < -0.3 is 10.2 Å². The van der Waals surface area contributed by atoms with Crippen molar-refractivity contribution in [3.8, 4) is 0 Å². The summed E-state index contributed by atoms with van der Waals surface area (Å²) >= 11 is 1.50. The highest BCUT2D eigenvalue weighted by molar-refractivity contribution is 7.99. The summed E-state index contributed by atoms with van der Waals surface area (Å²) in [6, 6.07) is 0. The monoisotopic (exact) mass is 201 g/mol. The molecule has 1 rings (SSSR count). The molecule has 0 bridgehead atoms. The van der Waals surface area contributed by atoms with Gasteiger partial charge in [0, 0.05) is 18.7 Å². The van der Waals surface area contributed by atoms with Crippen LogP contribution in [-0.4, -0.2) is 22.5 Å². The fraction of sp³-hybridized carbons (Fsp3) is 0.750. The predicted octanol–water partition coefficient (Wildman–Crippen LogP) is 1.32. The lowest BCUT2D eigenvalue weighted by Crippen LogP contribution is -2.00. The maximum atomic E-state index is 5.38. The van der Waals surface area contributed by atoms with Gasteiger partial charge in [0.2, 0.25) is 5.89 Å². The number of hydrogen-bond acceptors (Lipinski definition) is 5. The minimum atomic E-state index is 0.549. The number of nitrogens with zero attached hydrogens (tertiary/aromatic N) is 2. The van der Waals surface area contributed by atoms with E-state index < -0.39 is 0 Å². The highest BCUT2D eigenvalue weighted by Crippen LogP contribution is 2.16. The topological polar surface area (TPSA) is 64.9 Å². The first kappa shape index (κ1) is 10.5. The Labute approximate surface area is 82.3 Å². The Balaban J connectivity index is 2.44. The van der Waals surface area contributed by atoms with Crippen LogP contribution in [0.1, 0.15) is 19.7 Å². The predicted molar refractivity (Wildman–Crippen MR) is 52.6 cm³/mol. The van der Waals surface area contributed by atoms with Crippen LogP contribution in [-0.2, 0) is 6.42 Å². The van der Waals surface area contributed by atoms with E-state index in [1.165, 1.54) is 11.8 Å². The van der Waals surface area contributed by atoms with Crippen molar-refractivity contribution < 1.29 is 4.42 Å². The Kier molecular flexibility index (Phi) is 4.24. The molecule has 0 aromatic carbocycles. The molecule has 0 fully saturated rings. The average Bonchev–Trinajstić information content (AvgIpc) is 2.48. The summed E-state index contributed by atoms with van der Waals surface area (Å²) < 4.78 is 5.38. The molecular formula is C8H15N3OS. The second-order valence-electron chi connectivity index (χ2n) is 3.20. The van der Waals surface area contributed by atoms with Gasteiger partial charge in [-0.1, -0.05) is 25.6 Å². The maximum Gasteiger partial charge on any atom is 0.276 e. The van der Waals surface area contributed by atoms with Gasteiger partial charge in [0.15, 0.2) is 0 Å². The molecule has 0 atom stereocenters. The lowest BCUT2D eigenvalue weighted by molar-refractivity contribution is 0.394. The number of hydrogen-bond donors (Lipinski definition) is 1. The summed E-state index contributed by atoms with van der Waals surface area (Å²) in [4.78, 5) is 0. The van der Waals surface area contributed by atoms with Crippen LogP contribution in [0.15, 0.2) is 9.64 Å². The van der Waals surface area contributed by atoms with Gasteiger partial charge in [0.25, 0.3) is 5.22 Å². The lowest BCUT2D eigenvalue weighted by atomic mass is 10.1. The summed E-state index contributed by atoms with van der Waals surface area (Å²) in [6.45, 7) is 4.88. The van der Waals surface area contributed by atoms with Crippen molar-refractivity contribution >= 4 is 11.8 Å². The summed E-state index contributed by atoms with van der Waals surface area (Å²) in [5, 5.41) is 8.45. The molecule has 0 radical (unpaired) electrons. The van der Waals surface area contributed by atoms with E-state index >= 15 is 0 Å². The van der Waals surface area contributed by atoms with Crippen LogP contribution >= 0.6 is 11.8 Å². The number of aromatic nitrogens is 2. The molecule has 1 aromatic rings. The number of thioether (sulfide) groups is 1. The van der Waals surface area contributed by atoms with Crippen molar-refractivity contribution in [3.05, 3.63) is 5.89 Å². The van der Waals surface area contributed by atoms with Crippen LogP contribution in [0.3, 0.4) is 0 Å². The van der Waals surface area contributed by atoms with E-state index in [4.69, 9.17) is 10.2 Å². The molecule has 74 valence electrons. The molecule has 0 saturated heterocycles. The third kappa shape index (κ3) is 3.78. The normalized spacial score (nSPS) is 11.1. The Morgan fingerprint density at radius 3 is 2.85 bits per heavy atom. The number of nitrogens with two attached hydrogens (primary N) is 1. The first-order valence-electron chi connectivity index (χ1n) is 4.37. The molecule has 1 heterocycles. The van der Waals surface area contributed by atoms with E-state index in [1.54, 1.807) is 0 Å². The summed E-state index contributed by atoms with van der Waals surface area (Å²) in [5.74, 6) is 2.09. The highest BCUT2D eigenvalue weighted by Gasteiger charge is 2.07. The van der Waals surface area contributed by atoms with Crippen molar-refractivity contribution in [2.75, 3.05) is 12.3 Å². The smallest absolute Gasteiger partial charge is 0.276 e. The van der Waals surface area contributed by atoms with Crippen LogP contribution in [0.2, 0.25) is 0 Å². The molecule has 0 aliphatic rings. The van der Waals surface area contributed by atoms with Gasteiger partial charge in [-0.15, -0.1) is 10.2 Å². The van der Waals surface area contributed by atoms with Gasteiger partial charge in [-0.05, 0) is 5.92 Å². The first-order valence-corrected chi connectivity index (χ1v) is 5.36. The van der Waals surface area contributed by atoms with Crippen LogP contribution in [0.25, 0.3) is 0 Å². The average molecular weight is 201 g/mol. The minimum Gasteiger partial charge on any atom is -0.416 e. The molecule has 1 aromatic heterocycles. The summed E-state index contributed by atoms with van der Waals surface area (Å²) in [6.07, 6.45) is 0.843. The van der Waals surface area contributed by atoms with E-state index in [2.05, 4.69) is 24.0 Å². The van der Waals surface area contributed by atoms with Gasteiger partial charge in [0.05, 0.1) is 0 Å². The van der Waals surface area contributed by atoms with Crippen molar-refractivity contribution in [1.29, 1.82) is 0 Å². The zero-order valence-corrected chi connectivity index (χ0v) is 8.80. The molecule has 0 amide bonds. The van der Waals surface area contributed by atoms with Gasteiger partial charge in [-0.25, -0.2) is 0 Å². The molecular weight excluding hydrogens is 186 g/mol. The fourth-order valence-electron chi connectivity index (χ4n) is 0.874. The first-order chi connectivity index (χ1) is 6.22.